The molecular weight excluding hydrogens is 348 g/mol. The first-order valence-electron chi connectivity index (χ1n) is 3.46. The summed E-state index contributed by atoms with van der Waals surface area (Å²) >= 11 is 11.6. The lowest BCUT2D eigenvalue weighted by molar-refractivity contribution is -0.138. The highest BCUT2D eigenvalue weighted by molar-refractivity contribution is 9.11. The van der Waals surface area contributed by atoms with Crippen molar-refractivity contribution in [2.75, 3.05) is 0 Å². The lowest BCUT2D eigenvalue weighted by Gasteiger charge is -2.14. The van der Waals surface area contributed by atoms with Crippen molar-refractivity contribution in [3.63, 3.8) is 0 Å². The molecular formula is C8H4Br2ClF3. The molecule has 78 valence electrons. The smallest absolute Gasteiger partial charge is 0.166 e. The summed E-state index contributed by atoms with van der Waals surface area (Å²) in [5.41, 5.74) is -0.717. The molecule has 0 aromatic heterocycles. The molecule has 0 N–H and O–H groups in total. The molecule has 0 heterocycles. The molecule has 0 aliphatic carbocycles. The Morgan fingerprint density at radius 3 is 2.14 bits per heavy atom. The van der Waals surface area contributed by atoms with Gasteiger partial charge in [0.1, 0.15) is 0 Å². The van der Waals surface area contributed by atoms with Crippen molar-refractivity contribution < 1.29 is 13.2 Å². The predicted molar refractivity (Wildman–Crippen MR) is 56.6 cm³/mol. The highest BCUT2D eigenvalue weighted by atomic mass is 79.9. The molecule has 0 radical (unpaired) electrons. The Morgan fingerprint density at radius 2 is 1.71 bits per heavy atom. The summed E-state index contributed by atoms with van der Waals surface area (Å²) in [6.07, 6.45) is -4.40. The van der Waals surface area contributed by atoms with Gasteiger partial charge < -0.3 is 0 Å². The second kappa shape index (κ2) is 4.02. The van der Waals surface area contributed by atoms with Gasteiger partial charge in [0.15, 0.2) is 0 Å². The van der Waals surface area contributed by atoms with E-state index >= 15 is 0 Å². The maximum Gasteiger partial charge on any atom is 0.417 e. The average molecular weight is 352 g/mol. The Bertz CT molecular complexity index is 374. The van der Waals surface area contributed by atoms with E-state index in [1.807, 2.05) is 0 Å². The minimum atomic E-state index is -4.40. The van der Waals surface area contributed by atoms with Crippen LogP contribution in [0.1, 0.15) is 11.1 Å². The van der Waals surface area contributed by atoms with Gasteiger partial charge in [-0.05, 0) is 34.5 Å². The van der Waals surface area contributed by atoms with Crippen LogP contribution in [-0.4, -0.2) is 0 Å². The van der Waals surface area contributed by atoms with Gasteiger partial charge in [-0.1, -0.05) is 27.5 Å². The molecule has 1 aromatic carbocycles. The second-order valence-corrected chi connectivity index (χ2v) is 4.74. The minimum Gasteiger partial charge on any atom is -0.166 e. The van der Waals surface area contributed by atoms with Gasteiger partial charge in [-0.3, -0.25) is 0 Å². The predicted octanol–water partition coefficient (Wildman–Crippen LogP) is 5.19. The third-order valence-corrected chi connectivity index (χ3v) is 3.66. The highest BCUT2D eigenvalue weighted by Gasteiger charge is 2.36. The SMILES string of the molecule is Cc1c(Cl)c(Br)cc(Br)c1C(F)(F)F. The van der Waals surface area contributed by atoms with Gasteiger partial charge in [0.2, 0.25) is 0 Å². The molecule has 0 saturated carbocycles. The largest absolute Gasteiger partial charge is 0.417 e. The van der Waals surface area contributed by atoms with Gasteiger partial charge in [0.05, 0.1) is 10.6 Å². The number of benzene rings is 1. The quantitative estimate of drug-likeness (QED) is 0.564. The van der Waals surface area contributed by atoms with E-state index in [2.05, 4.69) is 31.9 Å². The van der Waals surface area contributed by atoms with Gasteiger partial charge in [0.25, 0.3) is 0 Å². The van der Waals surface area contributed by atoms with Crippen LogP contribution in [0.25, 0.3) is 0 Å². The summed E-state index contributed by atoms with van der Waals surface area (Å²) in [6, 6.07) is 1.29. The maximum absolute atomic E-state index is 12.5. The van der Waals surface area contributed by atoms with E-state index in [4.69, 9.17) is 11.6 Å². The molecule has 6 heteroatoms. The van der Waals surface area contributed by atoms with E-state index < -0.39 is 11.7 Å². The molecule has 1 rings (SSSR count). The fourth-order valence-corrected chi connectivity index (χ4v) is 2.80. The first-order valence-corrected chi connectivity index (χ1v) is 5.43. The standard InChI is InChI=1S/C8H4Br2ClF3/c1-3-6(8(12,13)14)4(9)2-5(10)7(3)11/h2H,1H3. The van der Waals surface area contributed by atoms with Crippen LogP contribution < -0.4 is 0 Å². The summed E-state index contributed by atoms with van der Waals surface area (Å²) in [7, 11) is 0. The Hall–Kier alpha value is 0.260. The van der Waals surface area contributed by atoms with E-state index in [9.17, 15) is 13.2 Å². The summed E-state index contributed by atoms with van der Waals surface area (Å²) in [6.45, 7) is 1.33. The molecule has 0 atom stereocenters. The molecule has 14 heavy (non-hydrogen) atoms. The molecule has 0 unspecified atom stereocenters. The normalized spacial score (nSPS) is 11.9. The van der Waals surface area contributed by atoms with Crippen LogP contribution in [0.3, 0.4) is 0 Å². The summed E-state index contributed by atoms with van der Waals surface area (Å²) in [5, 5.41) is 0.0838. The third-order valence-electron chi connectivity index (χ3n) is 1.69. The van der Waals surface area contributed by atoms with Gasteiger partial charge in [-0.25, -0.2) is 0 Å². The molecule has 0 nitrogen and oxygen atoms in total. The monoisotopic (exact) mass is 350 g/mol. The molecule has 0 bridgehead atoms. The Balaban J connectivity index is 3.53. The highest BCUT2D eigenvalue weighted by Crippen LogP contribution is 2.42. The first-order chi connectivity index (χ1) is 6.25. The van der Waals surface area contributed by atoms with Crippen LogP contribution in [0.2, 0.25) is 5.02 Å². The lowest BCUT2D eigenvalue weighted by atomic mass is 10.1. The summed E-state index contributed by atoms with van der Waals surface area (Å²) < 4.78 is 38.0. The fourth-order valence-electron chi connectivity index (χ4n) is 1.06. The van der Waals surface area contributed by atoms with Crippen LogP contribution in [0, 0.1) is 6.92 Å². The summed E-state index contributed by atoms with van der Waals surface area (Å²) in [4.78, 5) is 0. The number of rotatable bonds is 0. The second-order valence-electron chi connectivity index (χ2n) is 2.65. The zero-order valence-corrected chi connectivity index (χ0v) is 10.8. The van der Waals surface area contributed by atoms with Crippen LogP contribution in [0.4, 0.5) is 13.2 Å². The van der Waals surface area contributed by atoms with E-state index in [0.29, 0.717) is 4.47 Å². The molecule has 1 aromatic rings. The van der Waals surface area contributed by atoms with Crippen molar-refractivity contribution in [1.82, 2.24) is 0 Å². The lowest BCUT2D eigenvalue weighted by Crippen LogP contribution is -2.09. The zero-order valence-electron chi connectivity index (χ0n) is 6.85. The summed E-state index contributed by atoms with van der Waals surface area (Å²) in [5.74, 6) is 0. The van der Waals surface area contributed by atoms with Crippen molar-refractivity contribution in [3.05, 3.63) is 31.2 Å². The van der Waals surface area contributed by atoms with Crippen LogP contribution in [0.15, 0.2) is 15.0 Å². The number of alkyl halides is 3. The Kier molecular flexibility index (Phi) is 3.54. The van der Waals surface area contributed by atoms with E-state index in [1.54, 1.807) is 0 Å². The number of hydrogen-bond acceptors (Lipinski definition) is 0. The van der Waals surface area contributed by atoms with Crippen molar-refractivity contribution in [2.45, 2.75) is 13.1 Å². The molecule has 0 aliphatic rings. The molecule has 0 spiro atoms. The van der Waals surface area contributed by atoms with Crippen molar-refractivity contribution in [1.29, 1.82) is 0 Å². The topological polar surface area (TPSA) is 0 Å². The van der Waals surface area contributed by atoms with Crippen molar-refractivity contribution in [2.24, 2.45) is 0 Å². The molecule has 0 saturated heterocycles. The van der Waals surface area contributed by atoms with E-state index in [-0.39, 0.29) is 15.1 Å². The van der Waals surface area contributed by atoms with Gasteiger partial charge in [-0.2, -0.15) is 13.2 Å². The average Bonchev–Trinajstić information content (AvgIpc) is 1.97. The van der Waals surface area contributed by atoms with Crippen molar-refractivity contribution >= 4 is 43.5 Å². The molecule has 0 aliphatic heterocycles. The van der Waals surface area contributed by atoms with Crippen LogP contribution in [-0.2, 0) is 6.18 Å². The Labute approximate surface area is 101 Å². The third kappa shape index (κ3) is 2.25. The minimum absolute atomic E-state index is 0.0143. The Morgan fingerprint density at radius 1 is 1.21 bits per heavy atom. The fraction of sp³-hybridized carbons (Fsp3) is 0.250. The van der Waals surface area contributed by atoms with Gasteiger partial charge in [0, 0.05) is 8.95 Å². The maximum atomic E-state index is 12.5. The van der Waals surface area contributed by atoms with Crippen LogP contribution >= 0.6 is 43.5 Å². The van der Waals surface area contributed by atoms with E-state index in [0.717, 1.165) is 0 Å². The first kappa shape index (κ1) is 12.3. The van der Waals surface area contributed by atoms with Crippen molar-refractivity contribution in [3.8, 4) is 0 Å². The molecule has 0 amide bonds. The van der Waals surface area contributed by atoms with Gasteiger partial charge in [-0.15, -0.1) is 0 Å². The number of halogens is 6. The number of hydrogen-bond donors (Lipinski definition) is 0. The van der Waals surface area contributed by atoms with E-state index in [1.165, 1.54) is 13.0 Å². The van der Waals surface area contributed by atoms with Crippen LogP contribution in [0.5, 0.6) is 0 Å². The zero-order chi connectivity index (χ0) is 11.1. The molecule has 0 fully saturated rings. The van der Waals surface area contributed by atoms with Gasteiger partial charge >= 0.3 is 6.18 Å².